The van der Waals surface area contributed by atoms with Crippen LogP contribution in [0.4, 0.5) is 0 Å². The third-order valence-corrected chi connectivity index (χ3v) is 2.33. The first-order valence-corrected chi connectivity index (χ1v) is 5.32. The summed E-state index contributed by atoms with van der Waals surface area (Å²) in [5.41, 5.74) is 7.51. The molecule has 0 aliphatic rings. The monoisotopic (exact) mass is 191 g/mol. The van der Waals surface area contributed by atoms with Gasteiger partial charge in [0.25, 0.3) is 0 Å². The lowest BCUT2D eigenvalue weighted by molar-refractivity contribution is 0.367. The minimum Gasteiger partial charge on any atom is -0.325 e. The maximum atomic E-state index is 6.25. The zero-order valence-electron chi connectivity index (χ0n) is 9.46. The van der Waals surface area contributed by atoms with Crippen LogP contribution in [0.2, 0.25) is 0 Å². The minimum atomic E-state index is -0.0739. The minimum absolute atomic E-state index is 0.0739. The summed E-state index contributed by atoms with van der Waals surface area (Å²) < 4.78 is 0. The van der Waals surface area contributed by atoms with Gasteiger partial charge >= 0.3 is 0 Å². The largest absolute Gasteiger partial charge is 0.325 e. The van der Waals surface area contributed by atoms with Crippen molar-refractivity contribution in [3.05, 3.63) is 35.9 Å². The van der Waals surface area contributed by atoms with Crippen LogP contribution in [0, 0.1) is 5.92 Å². The Morgan fingerprint density at radius 2 is 1.79 bits per heavy atom. The van der Waals surface area contributed by atoms with Crippen molar-refractivity contribution in [1.29, 1.82) is 0 Å². The van der Waals surface area contributed by atoms with Crippen LogP contribution in [-0.4, -0.2) is 5.54 Å². The lowest BCUT2D eigenvalue weighted by Crippen LogP contribution is -2.39. The molecule has 0 amide bonds. The SMILES string of the molecule is CC(C)CC(C)(N)Cc1ccccc1. The molecule has 0 saturated heterocycles. The summed E-state index contributed by atoms with van der Waals surface area (Å²) in [6.07, 6.45) is 2.04. The first kappa shape index (κ1) is 11.3. The molecule has 1 rings (SSSR count). The molecule has 0 aliphatic carbocycles. The molecule has 0 aromatic heterocycles. The molecule has 1 nitrogen and oxygen atoms in total. The van der Waals surface area contributed by atoms with E-state index >= 15 is 0 Å². The Kier molecular flexibility index (Phi) is 3.70. The highest BCUT2D eigenvalue weighted by atomic mass is 14.7. The first-order chi connectivity index (χ1) is 6.49. The molecule has 1 aromatic rings. The molecule has 0 radical (unpaired) electrons. The Bertz CT molecular complexity index is 262. The van der Waals surface area contributed by atoms with Crippen LogP contribution in [0.15, 0.2) is 30.3 Å². The fourth-order valence-electron chi connectivity index (χ4n) is 2.07. The number of benzene rings is 1. The maximum absolute atomic E-state index is 6.25. The van der Waals surface area contributed by atoms with E-state index in [9.17, 15) is 0 Å². The van der Waals surface area contributed by atoms with E-state index in [0.29, 0.717) is 5.92 Å². The van der Waals surface area contributed by atoms with Crippen molar-refractivity contribution in [2.75, 3.05) is 0 Å². The summed E-state index contributed by atoms with van der Waals surface area (Å²) in [7, 11) is 0. The van der Waals surface area contributed by atoms with Gasteiger partial charge in [-0.3, -0.25) is 0 Å². The molecular formula is C13H21N. The van der Waals surface area contributed by atoms with Gasteiger partial charge in [0.2, 0.25) is 0 Å². The first-order valence-electron chi connectivity index (χ1n) is 5.32. The maximum Gasteiger partial charge on any atom is 0.0168 e. The highest BCUT2D eigenvalue weighted by Gasteiger charge is 2.19. The molecule has 1 atom stereocenters. The van der Waals surface area contributed by atoms with Gasteiger partial charge in [-0.1, -0.05) is 44.2 Å². The fraction of sp³-hybridized carbons (Fsp3) is 0.538. The van der Waals surface area contributed by atoms with Crippen molar-refractivity contribution in [1.82, 2.24) is 0 Å². The molecular weight excluding hydrogens is 170 g/mol. The van der Waals surface area contributed by atoms with Crippen LogP contribution < -0.4 is 5.73 Å². The van der Waals surface area contributed by atoms with Crippen LogP contribution in [0.3, 0.4) is 0 Å². The van der Waals surface area contributed by atoms with Crippen LogP contribution >= 0.6 is 0 Å². The molecule has 1 unspecified atom stereocenters. The van der Waals surface area contributed by atoms with Crippen molar-refractivity contribution in [3.63, 3.8) is 0 Å². The lowest BCUT2D eigenvalue weighted by Gasteiger charge is -2.26. The van der Waals surface area contributed by atoms with E-state index in [1.165, 1.54) is 5.56 Å². The molecule has 1 heteroatoms. The van der Waals surface area contributed by atoms with Crippen molar-refractivity contribution in [3.8, 4) is 0 Å². The Hall–Kier alpha value is -0.820. The zero-order chi connectivity index (χ0) is 10.6. The van der Waals surface area contributed by atoms with Crippen molar-refractivity contribution >= 4 is 0 Å². The molecule has 78 valence electrons. The second kappa shape index (κ2) is 4.61. The van der Waals surface area contributed by atoms with E-state index in [0.717, 1.165) is 12.8 Å². The number of hydrogen-bond donors (Lipinski definition) is 1. The molecule has 0 spiro atoms. The van der Waals surface area contributed by atoms with E-state index in [4.69, 9.17) is 5.73 Å². The Balaban J connectivity index is 2.59. The lowest BCUT2D eigenvalue weighted by atomic mass is 9.86. The van der Waals surface area contributed by atoms with Gasteiger partial charge in [-0.05, 0) is 31.2 Å². The summed E-state index contributed by atoms with van der Waals surface area (Å²) in [6.45, 7) is 6.58. The fourth-order valence-corrected chi connectivity index (χ4v) is 2.07. The van der Waals surface area contributed by atoms with Gasteiger partial charge in [-0.25, -0.2) is 0 Å². The molecule has 0 bridgehead atoms. The normalized spacial score (nSPS) is 15.5. The third-order valence-electron chi connectivity index (χ3n) is 2.33. The molecule has 0 aliphatic heterocycles. The molecule has 1 aromatic carbocycles. The summed E-state index contributed by atoms with van der Waals surface area (Å²) in [5.74, 6) is 0.661. The summed E-state index contributed by atoms with van der Waals surface area (Å²) >= 11 is 0. The van der Waals surface area contributed by atoms with Crippen molar-refractivity contribution < 1.29 is 0 Å². The van der Waals surface area contributed by atoms with Crippen molar-refractivity contribution in [2.24, 2.45) is 11.7 Å². The molecule has 0 saturated carbocycles. The van der Waals surface area contributed by atoms with Crippen LogP contribution in [0.1, 0.15) is 32.8 Å². The number of nitrogens with two attached hydrogens (primary N) is 1. The molecule has 2 N–H and O–H groups in total. The average molecular weight is 191 g/mol. The van der Waals surface area contributed by atoms with Crippen LogP contribution in [0.25, 0.3) is 0 Å². The standard InChI is InChI=1S/C13H21N/c1-11(2)9-13(3,14)10-12-7-5-4-6-8-12/h4-8,11H,9-10,14H2,1-3H3. The van der Waals surface area contributed by atoms with Crippen LogP contribution in [0.5, 0.6) is 0 Å². The van der Waals surface area contributed by atoms with Gasteiger partial charge in [0.1, 0.15) is 0 Å². The predicted octanol–water partition coefficient (Wildman–Crippen LogP) is 2.99. The molecule has 0 fully saturated rings. The van der Waals surface area contributed by atoms with Gasteiger partial charge in [0, 0.05) is 5.54 Å². The second-order valence-corrected chi connectivity index (χ2v) is 4.91. The topological polar surface area (TPSA) is 26.0 Å². The van der Waals surface area contributed by atoms with E-state index in [2.05, 4.69) is 45.0 Å². The van der Waals surface area contributed by atoms with E-state index in [1.807, 2.05) is 6.07 Å². The van der Waals surface area contributed by atoms with Gasteiger partial charge in [0.05, 0.1) is 0 Å². The smallest absolute Gasteiger partial charge is 0.0168 e. The van der Waals surface area contributed by atoms with Gasteiger partial charge in [-0.15, -0.1) is 0 Å². The van der Waals surface area contributed by atoms with Gasteiger partial charge < -0.3 is 5.73 Å². The van der Waals surface area contributed by atoms with E-state index in [1.54, 1.807) is 0 Å². The summed E-state index contributed by atoms with van der Waals surface area (Å²) in [5, 5.41) is 0. The van der Waals surface area contributed by atoms with E-state index < -0.39 is 0 Å². The van der Waals surface area contributed by atoms with Crippen LogP contribution in [-0.2, 0) is 6.42 Å². The van der Waals surface area contributed by atoms with Gasteiger partial charge in [0.15, 0.2) is 0 Å². The Morgan fingerprint density at radius 3 is 2.29 bits per heavy atom. The summed E-state index contributed by atoms with van der Waals surface area (Å²) in [6, 6.07) is 10.5. The third kappa shape index (κ3) is 3.93. The average Bonchev–Trinajstić information content (AvgIpc) is 2.02. The Morgan fingerprint density at radius 1 is 1.21 bits per heavy atom. The molecule has 14 heavy (non-hydrogen) atoms. The highest BCUT2D eigenvalue weighted by Crippen LogP contribution is 2.18. The number of hydrogen-bond acceptors (Lipinski definition) is 1. The zero-order valence-corrected chi connectivity index (χ0v) is 9.46. The number of rotatable bonds is 4. The van der Waals surface area contributed by atoms with E-state index in [-0.39, 0.29) is 5.54 Å². The van der Waals surface area contributed by atoms with Gasteiger partial charge in [-0.2, -0.15) is 0 Å². The quantitative estimate of drug-likeness (QED) is 0.778. The predicted molar refractivity (Wildman–Crippen MR) is 62.2 cm³/mol. The second-order valence-electron chi connectivity index (χ2n) is 4.91. The Labute approximate surface area is 87.3 Å². The van der Waals surface area contributed by atoms with Crippen molar-refractivity contribution in [2.45, 2.75) is 39.2 Å². The summed E-state index contributed by atoms with van der Waals surface area (Å²) in [4.78, 5) is 0. The highest BCUT2D eigenvalue weighted by molar-refractivity contribution is 5.17. The molecule has 0 heterocycles.